The Hall–Kier alpha value is -3.74. The van der Waals surface area contributed by atoms with Crippen molar-refractivity contribution in [3.05, 3.63) is 77.1 Å². The Morgan fingerprint density at radius 1 is 0.966 bits per heavy atom. The quantitative estimate of drug-likeness (QED) is 0.611. The minimum atomic E-state index is -0.366. The van der Waals surface area contributed by atoms with Crippen molar-refractivity contribution in [2.24, 2.45) is 0 Å². The maximum Gasteiger partial charge on any atom is 0.338 e. The molecule has 0 saturated heterocycles. The Labute approximate surface area is 169 Å². The topological polar surface area (TPSA) is 93.2 Å². The van der Waals surface area contributed by atoms with Gasteiger partial charge in [0.05, 0.1) is 17.7 Å². The summed E-state index contributed by atoms with van der Waals surface area (Å²) >= 11 is 0. The number of esters is 1. The number of nitrogens with zero attached hydrogens (tertiary/aromatic N) is 2. The van der Waals surface area contributed by atoms with Crippen LogP contribution in [-0.4, -0.2) is 28.5 Å². The van der Waals surface area contributed by atoms with Crippen molar-refractivity contribution in [3.8, 4) is 0 Å². The van der Waals surface area contributed by atoms with Crippen molar-refractivity contribution in [1.82, 2.24) is 9.97 Å². The van der Waals surface area contributed by atoms with Crippen molar-refractivity contribution >= 4 is 29.2 Å². The van der Waals surface area contributed by atoms with Gasteiger partial charge in [0.1, 0.15) is 0 Å². The van der Waals surface area contributed by atoms with Crippen molar-refractivity contribution in [3.63, 3.8) is 0 Å². The third-order valence-electron chi connectivity index (χ3n) is 4.42. The number of carbonyl (C=O) groups excluding carboxylic acids is 2. The van der Waals surface area contributed by atoms with Crippen molar-refractivity contribution in [2.75, 3.05) is 17.2 Å². The number of benzene rings is 2. The van der Waals surface area contributed by atoms with Crippen LogP contribution in [0.4, 0.5) is 17.3 Å². The Balaban J connectivity index is 1.64. The first-order valence-corrected chi connectivity index (χ1v) is 9.21. The van der Waals surface area contributed by atoms with Crippen LogP contribution in [0.25, 0.3) is 0 Å². The molecule has 7 heteroatoms. The monoisotopic (exact) mass is 390 g/mol. The summed E-state index contributed by atoms with van der Waals surface area (Å²) in [7, 11) is 0. The average molecular weight is 390 g/mol. The SMILES string of the molecule is CCOC(=O)c1ccc(Nc2ncc(C(=O)Nc3cccc(C)c3C)cn2)cc1. The van der Waals surface area contributed by atoms with Crippen LogP contribution in [0, 0.1) is 13.8 Å². The van der Waals surface area contributed by atoms with E-state index in [1.54, 1.807) is 31.2 Å². The van der Waals surface area contributed by atoms with E-state index in [2.05, 4.69) is 20.6 Å². The highest BCUT2D eigenvalue weighted by molar-refractivity contribution is 6.04. The van der Waals surface area contributed by atoms with E-state index in [-0.39, 0.29) is 11.9 Å². The molecule has 3 rings (SSSR count). The van der Waals surface area contributed by atoms with E-state index < -0.39 is 0 Å². The van der Waals surface area contributed by atoms with Gasteiger partial charge in [0.15, 0.2) is 0 Å². The van der Waals surface area contributed by atoms with Crippen molar-refractivity contribution in [1.29, 1.82) is 0 Å². The number of aromatic nitrogens is 2. The fourth-order valence-electron chi connectivity index (χ4n) is 2.62. The standard InChI is InChI=1S/C22H22N4O3/c1-4-29-21(28)16-8-10-18(11-9-16)25-22-23-12-17(13-24-22)20(27)26-19-7-5-6-14(2)15(19)3/h5-13H,4H2,1-3H3,(H,26,27)(H,23,24,25). The second kappa shape index (κ2) is 8.97. The smallest absolute Gasteiger partial charge is 0.338 e. The summed E-state index contributed by atoms with van der Waals surface area (Å²) in [6.07, 6.45) is 2.92. The summed E-state index contributed by atoms with van der Waals surface area (Å²) in [6, 6.07) is 12.5. The van der Waals surface area contributed by atoms with Crippen LogP contribution in [0.3, 0.4) is 0 Å². The van der Waals surface area contributed by atoms with E-state index >= 15 is 0 Å². The lowest BCUT2D eigenvalue weighted by Crippen LogP contribution is -2.14. The molecule has 1 heterocycles. The summed E-state index contributed by atoms with van der Waals surface area (Å²) < 4.78 is 4.96. The molecule has 148 valence electrons. The van der Waals surface area contributed by atoms with Crippen LogP contribution in [0.15, 0.2) is 54.9 Å². The number of aryl methyl sites for hydroxylation is 1. The Kier molecular flexibility index (Phi) is 6.19. The minimum absolute atomic E-state index is 0.274. The van der Waals surface area contributed by atoms with Crippen molar-refractivity contribution < 1.29 is 14.3 Å². The van der Waals surface area contributed by atoms with E-state index in [4.69, 9.17) is 4.74 Å². The largest absolute Gasteiger partial charge is 0.462 e. The van der Waals surface area contributed by atoms with Crippen molar-refractivity contribution in [2.45, 2.75) is 20.8 Å². The molecule has 0 fully saturated rings. The summed E-state index contributed by atoms with van der Waals surface area (Å²) in [5.41, 5.74) is 4.43. The highest BCUT2D eigenvalue weighted by Crippen LogP contribution is 2.19. The number of carbonyl (C=O) groups is 2. The molecule has 0 aliphatic rings. The summed E-state index contributed by atoms with van der Waals surface area (Å²) in [5, 5.41) is 5.91. The number of nitrogens with one attached hydrogen (secondary N) is 2. The lowest BCUT2D eigenvalue weighted by atomic mass is 10.1. The Bertz CT molecular complexity index is 1020. The third kappa shape index (κ3) is 4.95. The fraction of sp³-hybridized carbons (Fsp3) is 0.182. The molecule has 29 heavy (non-hydrogen) atoms. The molecule has 2 N–H and O–H groups in total. The van der Waals surface area contributed by atoms with Crippen LogP contribution in [-0.2, 0) is 4.74 Å². The highest BCUT2D eigenvalue weighted by atomic mass is 16.5. The van der Waals surface area contributed by atoms with Gasteiger partial charge in [-0.15, -0.1) is 0 Å². The van der Waals surface area contributed by atoms with Crippen LogP contribution in [0.1, 0.15) is 38.8 Å². The Morgan fingerprint density at radius 3 is 2.31 bits per heavy atom. The molecule has 0 aliphatic carbocycles. The Morgan fingerprint density at radius 2 is 1.66 bits per heavy atom. The summed E-state index contributed by atoms with van der Waals surface area (Å²) in [4.78, 5) is 32.5. The molecule has 0 saturated carbocycles. The molecule has 0 bridgehead atoms. The third-order valence-corrected chi connectivity index (χ3v) is 4.42. The molecule has 7 nitrogen and oxygen atoms in total. The van der Waals surface area contributed by atoms with Gasteiger partial charge in [0, 0.05) is 23.8 Å². The molecule has 0 aliphatic heterocycles. The van der Waals surface area contributed by atoms with Gasteiger partial charge < -0.3 is 15.4 Å². The maximum atomic E-state index is 12.4. The van der Waals surface area contributed by atoms with Crippen LogP contribution in [0.5, 0.6) is 0 Å². The molecule has 0 atom stereocenters. The maximum absolute atomic E-state index is 12.4. The van der Waals surface area contributed by atoms with E-state index in [1.807, 2.05) is 32.0 Å². The lowest BCUT2D eigenvalue weighted by molar-refractivity contribution is 0.0526. The summed E-state index contributed by atoms with van der Waals surface area (Å²) in [6.45, 7) is 6.04. The van der Waals surface area contributed by atoms with Gasteiger partial charge in [-0.25, -0.2) is 14.8 Å². The first-order valence-electron chi connectivity index (χ1n) is 9.21. The molecular formula is C22H22N4O3. The number of hydrogen-bond acceptors (Lipinski definition) is 6. The normalized spacial score (nSPS) is 10.3. The zero-order valence-corrected chi connectivity index (χ0v) is 16.5. The molecule has 0 radical (unpaired) electrons. The molecular weight excluding hydrogens is 368 g/mol. The molecule has 0 unspecified atom stereocenters. The number of anilines is 3. The van der Waals surface area contributed by atoms with E-state index in [0.717, 1.165) is 16.8 Å². The highest BCUT2D eigenvalue weighted by Gasteiger charge is 2.10. The van der Waals surface area contributed by atoms with Gasteiger partial charge in [-0.05, 0) is 62.2 Å². The van der Waals surface area contributed by atoms with Crippen LogP contribution in [0.2, 0.25) is 0 Å². The minimum Gasteiger partial charge on any atom is -0.462 e. The van der Waals surface area contributed by atoms with Gasteiger partial charge in [0.2, 0.25) is 5.95 Å². The number of ether oxygens (including phenoxy) is 1. The molecule has 3 aromatic rings. The van der Waals surface area contributed by atoms with E-state index in [1.165, 1.54) is 12.4 Å². The number of amides is 1. The van der Waals surface area contributed by atoms with Crippen LogP contribution < -0.4 is 10.6 Å². The second-order valence-corrected chi connectivity index (χ2v) is 6.42. The van der Waals surface area contributed by atoms with Gasteiger partial charge in [-0.3, -0.25) is 4.79 Å². The van der Waals surface area contributed by atoms with Gasteiger partial charge >= 0.3 is 5.97 Å². The predicted molar refractivity (Wildman–Crippen MR) is 112 cm³/mol. The van der Waals surface area contributed by atoms with Gasteiger partial charge in [-0.2, -0.15) is 0 Å². The van der Waals surface area contributed by atoms with E-state index in [9.17, 15) is 9.59 Å². The molecule has 2 aromatic carbocycles. The predicted octanol–water partition coefficient (Wildman–Crippen LogP) is 4.27. The summed E-state index contributed by atoms with van der Waals surface area (Å²) in [5.74, 6) is -0.296. The lowest BCUT2D eigenvalue weighted by Gasteiger charge is -2.10. The van der Waals surface area contributed by atoms with Crippen LogP contribution >= 0.6 is 0 Å². The van der Waals surface area contributed by atoms with Gasteiger partial charge in [0.25, 0.3) is 5.91 Å². The first-order chi connectivity index (χ1) is 14.0. The number of rotatable bonds is 6. The average Bonchev–Trinajstić information content (AvgIpc) is 2.72. The first kappa shape index (κ1) is 20.0. The number of hydrogen-bond donors (Lipinski definition) is 2. The van der Waals surface area contributed by atoms with Gasteiger partial charge in [-0.1, -0.05) is 12.1 Å². The molecule has 0 spiro atoms. The zero-order valence-electron chi connectivity index (χ0n) is 16.5. The van der Waals surface area contributed by atoms with E-state index in [0.29, 0.717) is 29.4 Å². The molecule has 1 amide bonds. The second-order valence-electron chi connectivity index (χ2n) is 6.42. The molecule has 1 aromatic heterocycles. The zero-order chi connectivity index (χ0) is 20.8. The fourth-order valence-corrected chi connectivity index (χ4v) is 2.62.